The third-order valence-corrected chi connectivity index (χ3v) is 8.00. The zero-order valence-electron chi connectivity index (χ0n) is 20.1. The molecule has 0 spiro atoms. The Morgan fingerprint density at radius 3 is 2.30 bits per heavy atom. The number of rotatable bonds is 6. The molecule has 1 fully saturated rings. The Morgan fingerprint density at radius 1 is 0.946 bits per heavy atom. The Morgan fingerprint density at radius 2 is 1.62 bits per heavy atom. The SMILES string of the molecule is Cc1ccccc1S(=O)(=O)Nc1ccc2nc(N3CCN(c4ccc(F)cc4)CC3)cc(C(=O)O)c2c1. The number of sulfonamides is 1. The highest BCUT2D eigenvalue weighted by atomic mass is 32.2. The van der Waals surface area contributed by atoms with Gasteiger partial charge in [-0.15, -0.1) is 0 Å². The van der Waals surface area contributed by atoms with Gasteiger partial charge in [-0.05, 0) is 67.1 Å². The lowest BCUT2D eigenvalue weighted by Gasteiger charge is -2.37. The van der Waals surface area contributed by atoms with Gasteiger partial charge in [0, 0.05) is 42.9 Å². The number of halogens is 1. The van der Waals surface area contributed by atoms with Crippen LogP contribution in [0.1, 0.15) is 15.9 Å². The van der Waals surface area contributed by atoms with Crippen LogP contribution in [0.25, 0.3) is 10.9 Å². The molecule has 0 bridgehead atoms. The molecule has 0 saturated carbocycles. The molecule has 3 aromatic carbocycles. The number of hydrogen-bond acceptors (Lipinski definition) is 6. The summed E-state index contributed by atoms with van der Waals surface area (Å²) in [6.45, 7) is 4.29. The fraction of sp³-hybridized carbons (Fsp3) is 0.185. The number of fused-ring (bicyclic) bond motifs is 1. The third kappa shape index (κ3) is 5.05. The number of nitrogens with zero attached hydrogens (tertiary/aromatic N) is 3. The van der Waals surface area contributed by atoms with Crippen molar-refractivity contribution in [2.45, 2.75) is 11.8 Å². The van der Waals surface area contributed by atoms with E-state index < -0.39 is 16.0 Å². The number of pyridine rings is 1. The van der Waals surface area contributed by atoms with Gasteiger partial charge in [-0.3, -0.25) is 4.72 Å². The van der Waals surface area contributed by atoms with E-state index in [-0.39, 0.29) is 22.0 Å². The molecule has 37 heavy (non-hydrogen) atoms. The predicted molar refractivity (Wildman–Crippen MR) is 142 cm³/mol. The smallest absolute Gasteiger partial charge is 0.336 e. The summed E-state index contributed by atoms with van der Waals surface area (Å²) in [5.74, 6) is -0.871. The largest absolute Gasteiger partial charge is 0.478 e. The Balaban J connectivity index is 1.41. The lowest BCUT2D eigenvalue weighted by atomic mass is 10.1. The lowest BCUT2D eigenvalue weighted by molar-refractivity contribution is 0.0699. The summed E-state index contributed by atoms with van der Waals surface area (Å²) in [4.78, 5) is 21.1. The van der Waals surface area contributed by atoms with Crippen LogP contribution in [0.4, 0.5) is 21.6 Å². The maximum atomic E-state index is 13.3. The lowest BCUT2D eigenvalue weighted by Crippen LogP contribution is -2.46. The van der Waals surface area contributed by atoms with Crippen molar-refractivity contribution in [3.05, 3.63) is 89.7 Å². The van der Waals surface area contributed by atoms with Crippen LogP contribution in [0, 0.1) is 12.7 Å². The second-order valence-electron chi connectivity index (χ2n) is 8.89. The fourth-order valence-corrected chi connectivity index (χ4v) is 5.82. The van der Waals surface area contributed by atoms with E-state index in [2.05, 4.69) is 14.6 Å². The highest BCUT2D eigenvalue weighted by molar-refractivity contribution is 7.92. The minimum absolute atomic E-state index is 0.0397. The average Bonchev–Trinajstić information content (AvgIpc) is 2.88. The summed E-state index contributed by atoms with van der Waals surface area (Å²) in [6, 6.07) is 19.2. The number of aryl methyl sites for hydroxylation is 1. The van der Waals surface area contributed by atoms with Crippen molar-refractivity contribution in [1.29, 1.82) is 0 Å². The summed E-state index contributed by atoms with van der Waals surface area (Å²) in [6.07, 6.45) is 0. The van der Waals surface area contributed by atoms with Crippen molar-refractivity contribution in [3.8, 4) is 0 Å². The molecule has 0 amide bonds. The quantitative estimate of drug-likeness (QED) is 0.386. The van der Waals surface area contributed by atoms with Crippen LogP contribution in [0.3, 0.4) is 0 Å². The van der Waals surface area contributed by atoms with E-state index in [1.807, 2.05) is 4.90 Å². The molecule has 0 atom stereocenters. The maximum absolute atomic E-state index is 13.3. The molecule has 1 aliphatic rings. The van der Waals surface area contributed by atoms with Crippen LogP contribution in [-0.2, 0) is 10.0 Å². The van der Waals surface area contributed by atoms with Gasteiger partial charge in [-0.25, -0.2) is 22.6 Å². The first-order valence-corrected chi connectivity index (χ1v) is 13.2. The molecular formula is C27H25FN4O4S. The van der Waals surface area contributed by atoms with E-state index in [1.165, 1.54) is 30.3 Å². The van der Waals surface area contributed by atoms with Gasteiger partial charge in [0.25, 0.3) is 10.0 Å². The summed E-state index contributed by atoms with van der Waals surface area (Å²) in [5, 5.41) is 10.3. The zero-order valence-corrected chi connectivity index (χ0v) is 20.9. The molecule has 10 heteroatoms. The van der Waals surface area contributed by atoms with Crippen molar-refractivity contribution in [2.24, 2.45) is 0 Å². The number of nitrogens with one attached hydrogen (secondary N) is 1. The summed E-state index contributed by atoms with van der Waals surface area (Å²) < 4.78 is 41.6. The minimum atomic E-state index is -3.85. The first-order chi connectivity index (χ1) is 17.7. The number of piperazine rings is 1. The standard InChI is InChI=1S/C27H25FN4O4S/c1-18-4-2-3-5-25(18)37(35,36)30-20-8-11-24-22(16-20)23(27(33)34)17-26(29-24)32-14-12-31(13-15-32)21-9-6-19(28)7-10-21/h2-11,16-17,30H,12-15H2,1H3,(H,33,34). The van der Waals surface area contributed by atoms with E-state index in [0.717, 1.165) is 5.69 Å². The van der Waals surface area contributed by atoms with Gasteiger partial charge in [0.15, 0.2) is 0 Å². The van der Waals surface area contributed by atoms with Gasteiger partial charge in [0.1, 0.15) is 11.6 Å². The molecule has 0 radical (unpaired) electrons. The number of hydrogen-bond donors (Lipinski definition) is 2. The number of anilines is 3. The summed E-state index contributed by atoms with van der Waals surface area (Å²) >= 11 is 0. The molecule has 8 nitrogen and oxygen atoms in total. The zero-order chi connectivity index (χ0) is 26.2. The first-order valence-electron chi connectivity index (χ1n) is 11.7. The van der Waals surface area contributed by atoms with Crippen LogP contribution in [0.5, 0.6) is 0 Å². The van der Waals surface area contributed by atoms with Crippen molar-refractivity contribution in [1.82, 2.24) is 4.98 Å². The predicted octanol–water partition coefficient (Wildman–Crippen LogP) is 4.51. The highest BCUT2D eigenvalue weighted by Crippen LogP contribution is 2.29. The topological polar surface area (TPSA) is 103 Å². The number of carbonyl (C=O) groups is 1. The van der Waals surface area contributed by atoms with Crippen LogP contribution < -0.4 is 14.5 Å². The number of benzene rings is 3. The van der Waals surface area contributed by atoms with Crippen LogP contribution in [0.15, 0.2) is 77.7 Å². The summed E-state index contributed by atoms with van der Waals surface area (Å²) in [7, 11) is -3.85. The van der Waals surface area contributed by atoms with E-state index >= 15 is 0 Å². The highest BCUT2D eigenvalue weighted by Gasteiger charge is 2.22. The summed E-state index contributed by atoms with van der Waals surface area (Å²) in [5.41, 5.74) is 2.28. The number of aromatic carboxylic acids is 1. The molecule has 2 heterocycles. The second-order valence-corrected chi connectivity index (χ2v) is 10.5. The molecule has 5 rings (SSSR count). The fourth-order valence-electron chi connectivity index (χ4n) is 4.53. The van der Waals surface area contributed by atoms with Crippen LogP contribution in [0.2, 0.25) is 0 Å². The van der Waals surface area contributed by atoms with Gasteiger partial charge in [-0.2, -0.15) is 0 Å². The van der Waals surface area contributed by atoms with Gasteiger partial charge in [0.05, 0.1) is 16.0 Å². The van der Waals surface area contributed by atoms with E-state index in [1.54, 1.807) is 49.4 Å². The molecule has 2 N–H and O–H groups in total. The average molecular weight is 521 g/mol. The van der Waals surface area contributed by atoms with E-state index in [4.69, 9.17) is 0 Å². The molecular weight excluding hydrogens is 495 g/mol. The molecule has 1 saturated heterocycles. The van der Waals surface area contributed by atoms with Crippen LogP contribution in [-0.4, -0.2) is 50.7 Å². The van der Waals surface area contributed by atoms with Crippen molar-refractivity contribution in [2.75, 3.05) is 40.7 Å². The third-order valence-electron chi connectivity index (χ3n) is 6.46. The normalized spacial score (nSPS) is 14.1. The molecule has 0 aliphatic carbocycles. The van der Waals surface area contributed by atoms with Gasteiger partial charge < -0.3 is 14.9 Å². The van der Waals surface area contributed by atoms with Crippen molar-refractivity contribution < 1.29 is 22.7 Å². The monoisotopic (exact) mass is 520 g/mol. The molecule has 1 aromatic heterocycles. The Kier molecular flexibility index (Phi) is 6.43. The van der Waals surface area contributed by atoms with E-state index in [9.17, 15) is 22.7 Å². The Bertz CT molecular complexity index is 1580. The second kappa shape index (κ2) is 9.70. The maximum Gasteiger partial charge on any atom is 0.336 e. The van der Waals surface area contributed by atoms with Gasteiger partial charge >= 0.3 is 5.97 Å². The Hall–Kier alpha value is -4.18. The minimum Gasteiger partial charge on any atom is -0.478 e. The van der Waals surface area contributed by atoms with Gasteiger partial charge in [-0.1, -0.05) is 18.2 Å². The number of aromatic nitrogens is 1. The first kappa shape index (κ1) is 24.5. The van der Waals surface area contributed by atoms with Crippen molar-refractivity contribution >= 4 is 44.1 Å². The number of carboxylic acid groups (broad SMARTS) is 1. The van der Waals surface area contributed by atoms with E-state index in [0.29, 0.717) is 48.5 Å². The molecule has 4 aromatic rings. The number of carboxylic acids is 1. The van der Waals surface area contributed by atoms with Gasteiger partial charge in [0.2, 0.25) is 0 Å². The van der Waals surface area contributed by atoms with Crippen LogP contribution >= 0.6 is 0 Å². The molecule has 1 aliphatic heterocycles. The Labute approximate surface area is 214 Å². The molecule has 190 valence electrons. The molecule has 0 unspecified atom stereocenters. The van der Waals surface area contributed by atoms with Crippen molar-refractivity contribution in [3.63, 3.8) is 0 Å².